The maximum atomic E-state index is 14.2. The molecule has 0 amide bonds. The average Bonchev–Trinajstić information content (AvgIpc) is 3.42. The van der Waals surface area contributed by atoms with Crippen molar-refractivity contribution in [3.8, 4) is 0 Å². The Hall–Kier alpha value is -2.06. The van der Waals surface area contributed by atoms with E-state index in [1.807, 2.05) is 0 Å². The first-order chi connectivity index (χ1) is 12.5. The maximum absolute atomic E-state index is 14.2. The second kappa shape index (κ2) is 8.09. The number of sulfonamides is 1. The second-order valence-electron chi connectivity index (χ2n) is 6.30. The molecule has 2 aromatic rings. The van der Waals surface area contributed by atoms with Gasteiger partial charge in [0, 0.05) is 25.1 Å². The topological polar surface area (TPSA) is 59.5 Å². The molecule has 1 heterocycles. The fourth-order valence-electron chi connectivity index (χ4n) is 2.48. The number of ether oxygens (including phenoxy) is 1. The summed E-state index contributed by atoms with van der Waals surface area (Å²) in [5, 5.41) is 0. The Bertz CT molecular complexity index is 843. The highest BCUT2D eigenvalue weighted by Gasteiger charge is 2.26. The first-order valence-corrected chi connectivity index (χ1v) is 9.99. The van der Waals surface area contributed by atoms with Gasteiger partial charge in [-0.25, -0.2) is 17.2 Å². The van der Waals surface area contributed by atoms with Crippen molar-refractivity contribution < 1.29 is 21.9 Å². The Morgan fingerprint density at radius 1 is 1.23 bits per heavy atom. The summed E-state index contributed by atoms with van der Waals surface area (Å²) >= 11 is 0. The SMILES string of the molecule is O=S(=O)(CCOCC1CC1)N(Cc1cccnc1)c1ccc(F)cc1F. The number of rotatable bonds is 9. The standard InChI is InChI=1S/C18H20F2N2O3S/c19-16-5-6-18(17(20)10-16)22(12-15-2-1-7-21-11-15)26(23,24)9-8-25-13-14-3-4-14/h1-2,5-7,10-11,14H,3-4,8-9,12-13H2. The fraction of sp³-hybridized carbons (Fsp3) is 0.389. The van der Waals surface area contributed by atoms with Crippen LogP contribution >= 0.6 is 0 Å². The van der Waals surface area contributed by atoms with Crippen LogP contribution < -0.4 is 4.31 Å². The largest absolute Gasteiger partial charge is 0.380 e. The van der Waals surface area contributed by atoms with Crippen LogP contribution in [0.1, 0.15) is 18.4 Å². The molecule has 0 atom stereocenters. The van der Waals surface area contributed by atoms with Crippen LogP contribution in [0.25, 0.3) is 0 Å². The molecule has 1 saturated carbocycles. The lowest BCUT2D eigenvalue weighted by Gasteiger charge is -2.25. The molecule has 0 N–H and O–H groups in total. The van der Waals surface area contributed by atoms with Gasteiger partial charge in [0.2, 0.25) is 10.0 Å². The van der Waals surface area contributed by atoms with Gasteiger partial charge < -0.3 is 4.74 Å². The Kier molecular flexibility index (Phi) is 5.83. The normalized spacial score (nSPS) is 14.4. The Balaban J connectivity index is 1.80. The number of hydrogen-bond acceptors (Lipinski definition) is 4. The summed E-state index contributed by atoms with van der Waals surface area (Å²) in [5.74, 6) is -1.45. The number of hydrogen-bond donors (Lipinski definition) is 0. The molecule has 1 aliphatic carbocycles. The highest BCUT2D eigenvalue weighted by molar-refractivity contribution is 7.92. The predicted octanol–water partition coefficient (Wildman–Crippen LogP) is 3.12. The molecule has 0 unspecified atom stereocenters. The minimum Gasteiger partial charge on any atom is -0.380 e. The maximum Gasteiger partial charge on any atom is 0.237 e. The molecular formula is C18H20F2N2O3S. The summed E-state index contributed by atoms with van der Waals surface area (Å²) < 4.78 is 59.4. The van der Waals surface area contributed by atoms with Crippen LogP contribution in [0.15, 0.2) is 42.7 Å². The van der Waals surface area contributed by atoms with E-state index in [2.05, 4.69) is 4.98 Å². The molecule has 1 aromatic carbocycles. The lowest BCUT2D eigenvalue weighted by atomic mass is 10.2. The van der Waals surface area contributed by atoms with Gasteiger partial charge in [-0.1, -0.05) is 6.07 Å². The van der Waals surface area contributed by atoms with Crippen LogP contribution in [0.4, 0.5) is 14.5 Å². The average molecular weight is 382 g/mol. The van der Waals surface area contributed by atoms with Gasteiger partial charge in [-0.2, -0.15) is 0 Å². The van der Waals surface area contributed by atoms with E-state index in [-0.39, 0.29) is 24.6 Å². The van der Waals surface area contributed by atoms with Crippen LogP contribution in [-0.4, -0.2) is 32.4 Å². The van der Waals surface area contributed by atoms with Crippen LogP contribution in [0.5, 0.6) is 0 Å². The van der Waals surface area contributed by atoms with E-state index in [0.29, 0.717) is 24.2 Å². The molecule has 3 rings (SSSR count). The first kappa shape index (κ1) is 18.7. The summed E-state index contributed by atoms with van der Waals surface area (Å²) in [4.78, 5) is 3.95. The minimum absolute atomic E-state index is 0.0329. The van der Waals surface area contributed by atoms with Crippen LogP contribution in [0, 0.1) is 17.6 Å². The van der Waals surface area contributed by atoms with Gasteiger partial charge in [-0.05, 0) is 42.5 Å². The zero-order valence-electron chi connectivity index (χ0n) is 14.1. The van der Waals surface area contributed by atoms with E-state index >= 15 is 0 Å². The van der Waals surface area contributed by atoms with Crippen molar-refractivity contribution in [2.75, 3.05) is 23.3 Å². The highest BCUT2D eigenvalue weighted by Crippen LogP contribution is 2.29. The number of nitrogens with zero attached hydrogens (tertiary/aromatic N) is 2. The molecule has 140 valence electrons. The van der Waals surface area contributed by atoms with Gasteiger partial charge in [0.15, 0.2) is 0 Å². The molecule has 26 heavy (non-hydrogen) atoms. The van der Waals surface area contributed by atoms with Crippen molar-refractivity contribution in [3.63, 3.8) is 0 Å². The number of benzene rings is 1. The third kappa shape index (κ3) is 4.98. The van der Waals surface area contributed by atoms with Gasteiger partial charge in [0.25, 0.3) is 0 Å². The van der Waals surface area contributed by atoms with Gasteiger partial charge in [0.05, 0.1) is 24.6 Å². The third-order valence-electron chi connectivity index (χ3n) is 4.10. The second-order valence-corrected chi connectivity index (χ2v) is 8.31. The summed E-state index contributed by atoms with van der Waals surface area (Å²) in [6.45, 7) is 0.482. The lowest BCUT2D eigenvalue weighted by molar-refractivity contribution is 0.138. The molecule has 0 spiro atoms. The minimum atomic E-state index is -3.87. The molecule has 0 bridgehead atoms. The summed E-state index contributed by atoms with van der Waals surface area (Å²) in [6, 6.07) is 6.20. The quantitative estimate of drug-likeness (QED) is 0.625. The first-order valence-electron chi connectivity index (χ1n) is 8.38. The molecule has 0 radical (unpaired) electrons. The van der Waals surface area contributed by atoms with Crippen LogP contribution in [0.2, 0.25) is 0 Å². The number of halogens is 2. The molecule has 5 nitrogen and oxygen atoms in total. The van der Waals surface area contributed by atoms with E-state index in [4.69, 9.17) is 4.74 Å². The van der Waals surface area contributed by atoms with Crippen molar-refractivity contribution in [2.24, 2.45) is 5.92 Å². The third-order valence-corrected chi connectivity index (χ3v) is 5.78. The van der Waals surface area contributed by atoms with E-state index in [0.717, 1.165) is 29.3 Å². The van der Waals surface area contributed by atoms with Crippen molar-refractivity contribution in [1.82, 2.24) is 4.98 Å². The molecule has 0 aliphatic heterocycles. The van der Waals surface area contributed by atoms with Gasteiger partial charge >= 0.3 is 0 Å². The van der Waals surface area contributed by atoms with Gasteiger partial charge in [0.1, 0.15) is 11.6 Å². The summed E-state index contributed by atoms with van der Waals surface area (Å²) in [5.41, 5.74) is 0.399. The summed E-state index contributed by atoms with van der Waals surface area (Å²) in [6.07, 6.45) is 5.29. The molecule has 1 aliphatic rings. The summed E-state index contributed by atoms with van der Waals surface area (Å²) in [7, 11) is -3.87. The molecule has 0 saturated heterocycles. The Labute approximate surface area is 151 Å². The van der Waals surface area contributed by atoms with E-state index in [1.165, 1.54) is 6.20 Å². The van der Waals surface area contributed by atoms with Crippen LogP contribution in [-0.2, 0) is 21.3 Å². The predicted molar refractivity (Wildman–Crippen MR) is 94.1 cm³/mol. The number of aromatic nitrogens is 1. The van der Waals surface area contributed by atoms with E-state index in [1.54, 1.807) is 18.3 Å². The number of pyridine rings is 1. The van der Waals surface area contributed by atoms with Crippen molar-refractivity contribution >= 4 is 15.7 Å². The van der Waals surface area contributed by atoms with E-state index < -0.39 is 21.7 Å². The zero-order chi connectivity index (χ0) is 18.6. The Morgan fingerprint density at radius 3 is 2.69 bits per heavy atom. The molecular weight excluding hydrogens is 362 g/mol. The molecule has 1 aromatic heterocycles. The van der Waals surface area contributed by atoms with E-state index in [9.17, 15) is 17.2 Å². The van der Waals surface area contributed by atoms with Crippen molar-refractivity contribution in [1.29, 1.82) is 0 Å². The van der Waals surface area contributed by atoms with Crippen LogP contribution in [0.3, 0.4) is 0 Å². The number of anilines is 1. The van der Waals surface area contributed by atoms with Gasteiger partial charge in [-0.15, -0.1) is 0 Å². The smallest absolute Gasteiger partial charge is 0.237 e. The molecule has 8 heteroatoms. The lowest BCUT2D eigenvalue weighted by Crippen LogP contribution is -2.34. The fourth-order valence-corrected chi connectivity index (χ4v) is 3.83. The van der Waals surface area contributed by atoms with Crippen molar-refractivity contribution in [3.05, 3.63) is 59.9 Å². The zero-order valence-corrected chi connectivity index (χ0v) is 15.0. The highest BCUT2D eigenvalue weighted by atomic mass is 32.2. The van der Waals surface area contributed by atoms with Gasteiger partial charge in [-0.3, -0.25) is 9.29 Å². The monoisotopic (exact) mass is 382 g/mol. The molecule has 1 fully saturated rings. The van der Waals surface area contributed by atoms with Crippen molar-refractivity contribution in [2.45, 2.75) is 19.4 Å². The Morgan fingerprint density at radius 2 is 2.04 bits per heavy atom.